The van der Waals surface area contributed by atoms with E-state index >= 15 is 0 Å². The second kappa shape index (κ2) is 5.16. The summed E-state index contributed by atoms with van der Waals surface area (Å²) in [6.45, 7) is 0. The largest absolute Gasteiger partial charge is 0.550 e. The third kappa shape index (κ3) is 2.84. The minimum absolute atomic E-state index is 0.637. The number of rotatable bonds is 3. The quantitative estimate of drug-likeness (QED) is 0.755. The summed E-state index contributed by atoms with van der Waals surface area (Å²) in [5.74, 6) is 0. The maximum absolute atomic E-state index is 10.6. The van der Waals surface area contributed by atoms with Crippen LogP contribution in [0.4, 0.5) is 4.79 Å². The topological polar surface area (TPSA) is 46.2 Å². The highest BCUT2D eigenvalue weighted by Gasteiger charge is 2.18. The fraction of sp³-hybridized carbons (Fsp3) is 0.0714. The predicted molar refractivity (Wildman–Crippen MR) is 61.9 cm³/mol. The van der Waals surface area contributed by atoms with Gasteiger partial charge in [0.15, 0.2) is 6.10 Å². The zero-order chi connectivity index (χ0) is 12.1. The summed E-state index contributed by atoms with van der Waals surface area (Å²) < 4.78 is 4.83. The molecule has 0 spiro atoms. The Balaban J connectivity index is 2.36. The van der Waals surface area contributed by atoms with Gasteiger partial charge in [0.05, 0.1) is 0 Å². The summed E-state index contributed by atoms with van der Waals surface area (Å²) in [6.07, 6.45) is -2.16. The molecule has 3 heteroatoms. The van der Waals surface area contributed by atoms with Gasteiger partial charge >= 0.3 is 6.16 Å². The Morgan fingerprint density at radius 3 is 1.59 bits per heavy atom. The van der Waals surface area contributed by atoms with Crippen molar-refractivity contribution in [2.45, 2.75) is 6.10 Å². The Kier molecular flexibility index (Phi) is 3.40. The van der Waals surface area contributed by atoms with Gasteiger partial charge in [0.2, 0.25) is 0 Å². The Morgan fingerprint density at radius 1 is 0.824 bits per heavy atom. The van der Waals surface area contributed by atoms with Crippen molar-refractivity contribution in [1.29, 1.82) is 0 Å². The lowest BCUT2D eigenvalue weighted by Gasteiger charge is -2.15. The number of ether oxygens (including phenoxy) is 1. The molecule has 0 saturated heterocycles. The third-order valence-electron chi connectivity index (χ3n) is 2.42. The molecule has 0 amide bonds. The molecule has 2 aromatic carbocycles. The van der Waals surface area contributed by atoms with Gasteiger partial charge in [0.25, 0.3) is 0 Å². The van der Waals surface area contributed by atoms with Crippen LogP contribution in [0.1, 0.15) is 17.2 Å². The van der Waals surface area contributed by atoms with Crippen LogP contribution >= 0.6 is 0 Å². The lowest BCUT2D eigenvalue weighted by Crippen LogP contribution is -2.09. The van der Waals surface area contributed by atoms with Crippen molar-refractivity contribution in [3.05, 3.63) is 71.8 Å². The zero-order valence-electron chi connectivity index (χ0n) is 9.08. The Morgan fingerprint density at radius 2 is 1.24 bits per heavy atom. The maximum Gasteiger partial charge on any atom is 0.550 e. The van der Waals surface area contributed by atoms with Crippen molar-refractivity contribution in [1.82, 2.24) is 0 Å². The number of hydrogen-bond donors (Lipinski definition) is 0. The molecule has 1 radical (unpaired) electrons. The minimum atomic E-state index is -1.53. The summed E-state index contributed by atoms with van der Waals surface area (Å²) in [6, 6.07) is 18.4. The van der Waals surface area contributed by atoms with E-state index in [4.69, 9.17) is 4.74 Å². The SMILES string of the molecule is [O]C(=O)OC(c1ccccc1)c1ccccc1. The molecular weight excluding hydrogens is 216 g/mol. The second-order valence-corrected chi connectivity index (χ2v) is 3.57. The van der Waals surface area contributed by atoms with Crippen molar-refractivity contribution >= 4 is 6.16 Å². The van der Waals surface area contributed by atoms with E-state index in [2.05, 4.69) is 0 Å². The van der Waals surface area contributed by atoms with Crippen LogP contribution in [0.2, 0.25) is 0 Å². The van der Waals surface area contributed by atoms with Gasteiger partial charge in [-0.25, -0.2) is 0 Å². The first kappa shape index (κ1) is 11.2. The summed E-state index contributed by atoms with van der Waals surface area (Å²) in [4.78, 5) is 10.6. The van der Waals surface area contributed by atoms with Crippen LogP contribution < -0.4 is 0 Å². The lowest BCUT2D eigenvalue weighted by atomic mass is 10.0. The molecule has 0 bridgehead atoms. The van der Waals surface area contributed by atoms with Gasteiger partial charge in [-0.15, -0.1) is 0 Å². The van der Waals surface area contributed by atoms with E-state index in [0.717, 1.165) is 11.1 Å². The highest BCUT2D eigenvalue weighted by molar-refractivity contribution is 5.57. The molecule has 85 valence electrons. The molecular formula is C14H11O3. The van der Waals surface area contributed by atoms with Crippen molar-refractivity contribution < 1.29 is 14.6 Å². The highest BCUT2D eigenvalue weighted by Crippen LogP contribution is 2.25. The van der Waals surface area contributed by atoms with Crippen molar-refractivity contribution in [3.63, 3.8) is 0 Å². The monoisotopic (exact) mass is 227 g/mol. The third-order valence-corrected chi connectivity index (χ3v) is 2.42. The molecule has 0 unspecified atom stereocenters. The van der Waals surface area contributed by atoms with Crippen LogP contribution in [0.3, 0.4) is 0 Å². The number of hydrogen-bond acceptors (Lipinski definition) is 2. The average Bonchev–Trinajstić information content (AvgIpc) is 2.38. The van der Waals surface area contributed by atoms with Crippen molar-refractivity contribution in [3.8, 4) is 0 Å². The first-order valence-electron chi connectivity index (χ1n) is 5.25. The van der Waals surface area contributed by atoms with Gasteiger partial charge in [-0.1, -0.05) is 60.7 Å². The van der Waals surface area contributed by atoms with E-state index in [1.54, 1.807) is 0 Å². The molecule has 0 saturated carbocycles. The summed E-state index contributed by atoms with van der Waals surface area (Å²) in [5, 5.41) is 10.6. The van der Waals surface area contributed by atoms with Gasteiger partial charge in [0.1, 0.15) is 0 Å². The molecule has 0 N–H and O–H groups in total. The molecule has 0 aliphatic heterocycles. The smallest absolute Gasteiger partial charge is 0.419 e. The Bertz CT molecular complexity index is 440. The van der Waals surface area contributed by atoms with E-state index < -0.39 is 12.3 Å². The normalized spacial score (nSPS) is 10.2. The fourth-order valence-corrected chi connectivity index (χ4v) is 1.68. The van der Waals surface area contributed by atoms with Gasteiger partial charge in [-0.2, -0.15) is 9.90 Å². The van der Waals surface area contributed by atoms with E-state index in [1.807, 2.05) is 60.7 Å². The molecule has 2 aromatic rings. The Labute approximate surface area is 99.3 Å². The van der Waals surface area contributed by atoms with E-state index in [0.29, 0.717) is 0 Å². The van der Waals surface area contributed by atoms with Crippen LogP contribution in [-0.4, -0.2) is 6.16 Å². The molecule has 0 heterocycles. The summed E-state index contributed by atoms with van der Waals surface area (Å²) >= 11 is 0. The second-order valence-electron chi connectivity index (χ2n) is 3.57. The first-order chi connectivity index (χ1) is 8.27. The van der Waals surface area contributed by atoms with Crippen LogP contribution in [-0.2, 0) is 9.84 Å². The lowest BCUT2D eigenvalue weighted by molar-refractivity contribution is 0.0448. The summed E-state index contributed by atoms with van der Waals surface area (Å²) in [7, 11) is 0. The molecule has 0 aliphatic rings. The van der Waals surface area contributed by atoms with Gasteiger partial charge < -0.3 is 4.74 Å². The number of benzene rings is 2. The van der Waals surface area contributed by atoms with E-state index in [9.17, 15) is 9.90 Å². The number of carbonyl (C=O) groups is 1. The minimum Gasteiger partial charge on any atom is -0.419 e. The molecule has 0 aliphatic carbocycles. The Hall–Kier alpha value is -2.29. The van der Waals surface area contributed by atoms with E-state index in [-0.39, 0.29) is 0 Å². The fourth-order valence-electron chi connectivity index (χ4n) is 1.68. The van der Waals surface area contributed by atoms with Crippen LogP contribution in [0.5, 0.6) is 0 Å². The molecule has 3 nitrogen and oxygen atoms in total. The van der Waals surface area contributed by atoms with Gasteiger partial charge in [0, 0.05) is 0 Å². The van der Waals surface area contributed by atoms with Gasteiger partial charge in [-0.05, 0) is 11.1 Å². The zero-order valence-corrected chi connectivity index (χ0v) is 9.08. The van der Waals surface area contributed by atoms with Crippen LogP contribution in [0, 0.1) is 0 Å². The molecule has 0 atom stereocenters. The van der Waals surface area contributed by atoms with Gasteiger partial charge in [-0.3, -0.25) is 0 Å². The standard InChI is InChI=1S/C14H11O3/c15-14(16)17-13(11-7-3-1-4-8-11)12-9-5-2-6-10-12/h1-10,13H. The molecule has 17 heavy (non-hydrogen) atoms. The van der Waals surface area contributed by atoms with E-state index in [1.165, 1.54) is 0 Å². The molecule has 2 rings (SSSR count). The molecule has 0 aromatic heterocycles. The highest BCUT2D eigenvalue weighted by atomic mass is 16.7. The number of carbonyl (C=O) groups excluding carboxylic acids is 1. The van der Waals surface area contributed by atoms with Crippen molar-refractivity contribution in [2.75, 3.05) is 0 Å². The first-order valence-corrected chi connectivity index (χ1v) is 5.25. The van der Waals surface area contributed by atoms with Crippen LogP contribution in [0.15, 0.2) is 60.7 Å². The van der Waals surface area contributed by atoms with Crippen molar-refractivity contribution in [2.24, 2.45) is 0 Å². The average molecular weight is 227 g/mol. The summed E-state index contributed by atoms with van der Waals surface area (Å²) in [5.41, 5.74) is 1.56. The van der Waals surface area contributed by atoms with Crippen LogP contribution in [0.25, 0.3) is 0 Å². The molecule has 0 fully saturated rings. The maximum atomic E-state index is 10.6. The predicted octanol–water partition coefficient (Wildman–Crippen LogP) is 3.34.